The molecule has 0 saturated carbocycles. The van der Waals surface area contributed by atoms with Gasteiger partial charge in [-0.05, 0) is 96.3 Å². The number of amides is 1. The molecular weight excluding hydrogens is 815 g/mol. The molecule has 0 rings (SSSR count). The highest BCUT2D eigenvalue weighted by Gasteiger charge is 2.24. The smallest absolute Gasteiger partial charge is 0.306 e. The third-order valence-corrected chi connectivity index (χ3v) is 12.8. The molecule has 0 bridgehead atoms. The Bertz CT molecular complexity index is 1170. The fraction of sp³-hybridized carbons (Fsp3) is 0.800. The lowest BCUT2D eigenvalue weighted by Gasteiger charge is -2.24. The first-order valence-corrected chi connectivity index (χ1v) is 28.5. The van der Waals surface area contributed by atoms with Crippen molar-refractivity contribution in [3.63, 3.8) is 0 Å². The summed E-state index contributed by atoms with van der Waals surface area (Å²) in [5.41, 5.74) is 0. The molecule has 3 atom stereocenters. The molecule has 0 heterocycles. The fourth-order valence-electron chi connectivity index (χ4n) is 8.47. The summed E-state index contributed by atoms with van der Waals surface area (Å²) in [6.07, 6.45) is 67.1. The van der Waals surface area contributed by atoms with Crippen LogP contribution in [0.5, 0.6) is 0 Å². The average molecular weight is 925 g/mol. The van der Waals surface area contributed by atoms with Crippen molar-refractivity contribution in [2.45, 2.75) is 302 Å². The van der Waals surface area contributed by atoms with Crippen molar-refractivity contribution >= 4 is 11.9 Å². The second kappa shape index (κ2) is 53.5. The van der Waals surface area contributed by atoms with Gasteiger partial charge >= 0.3 is 5.97 Å². The van der Waals surface area contributed by atoms with Crippen LogP contribution in [0.4, 0.5) is 0 Å². The Morgan fingerprint density at radius 3 is 1.20 bits per heavy atom. The second-order valence-electron chi connectivity index (χ2n) is 19.3. The van der Waals surface area contributed by atoms with Crippen LogP contribution in [0, 0.1) is 0 Å². The normalized spacial score (nSPS) is 13.6. The van der Waals surface area contributed by atoms with E-state index in [0.29, 0.717) is 19.3 Å². The van der Waals surface area contributed by atoms with Gasteiger partial charge in [0.1, 0.15) is 6.10 Å². The monoisotopic (exact) mass is 924 g/mol. The number of unbranched alkanes of at least 4 members (excludes halogenated alkanes) is 29. The molecule has 0 aliphatic carbocycles. The molecule has 3 unspecified atom stereocenters. The summed E-state index contributed by atoms with van der Waals surface area (Å²) in [5, 5.41) is 23.8. The maximum absolute atomic E-state index is 13.2. The maximum Gasteiger partial charge on any atom is 0.306 e. The minimum absolute atomic E-state index is 0.0606. The molecule has 0 fully saturated rings. The van der Waals surface area contributed by atoms with Gasteiger partial charge in [-0.15, -0.1) is 0 Å². The molecule has 1 amide bonds. The van der Waals surface area contributed by atoms with Crippen molar-refractivity contribution in [1.29, 1.82) is 0 Å². The summed E-state index contributed by atoms with van der Waals surface area (Å²) in [6, 6.07) is -0.711. The SMILES string of the molecule is CCCCC/C=C\C/C=C\C/C=C\CCCCCCC(CC(=O)NC(CO)C(O)CCCCCCCCCCCCC)OC(=O)CCCCCCCCCCC/C=C\C/C=C\CCCCC. The van der Waals surface area contributed by atoms with Crippen molar-refractivity contribution < 1.29 is 24.5 Å². The summed E-state index contributed by atoms with van der Waals surface area (Å²) in [4.78, 5) is 26.3. The zero-order valence-electron chi connectivity index (χ0n) is 43.8. The van der Waals surface area contributed by atoms with E-state index in [1.807, 2.05) is 0 Å². The van der Waals surface area contributed by atoms with Crippen molar-refractivity contribution in [3.05, 3.63) is 60.8 Å². The van der Waals surface area contributed by atoms with Gasteiger partial charge in [0, 0.05) is 6.42 Å². The third kappa shape index (κ3) is 48.0. The molecular formula is C60H109NO5. The van der Waals surface area contributed by atoms with E-state index in [1.54, 1.807) is 0 Å². The number of carbonyl (C=O) groups excluding carboxylic acids is 2. The Balaban J connectivity index is 4.60. The van der Waals surface area contributed by atoms with Crippen LogP contribution < -0.4 is 5.32 Å². The Morgan fingerprint density at radius 1 is 0.439 bits per heavy atom. The molecule has 66 heavy (non-hydrogen) atoms. The van der Waals surface area contributed by atoms with E-state index in [4.69, 9.17) is 4.74 Å². The summed E-state index contributed by atoms with van der Waals surface area (Å²) in [6.45, 7) is 6.43. The van der Waals surface area contributed by atoms with Crippen LogP contribution in [0.1, 0.15) is 284 Å². The summed E-state index contributed by atoms with van der Waals surface area (Å²) < 4.78 is 5.95. The molecule has 0 aromatic carbocycles. The van der Waals surface area contributed by atoms with Crippen molar-refractivity contribution in [1.82, 2.24) is 5.32 Å². The van der Waals surface area contributed by atoms with Crippen LogP contribution in [-0.2, 0) is 14.3 Å². The van der Waals surface area contributed by atoms with E-state index in [1.165, 1.54) is 148 Å². The molecule has 0 aromatic heterocycles. The number of nitrogens with one attached hydrogen (secondary N) is 1. The molecule has 6 heteroatoms. The third-order valence-electron chi connectivity index (χ3n) is 12.8. The van der Waals surface area contributed by atoms with Crippen LogP contribution in [-0.4, -0.2) is 46.9 Å². The number of esters is 1. The standard InChI is InChI=1S/C60H109NO5/c1-4-7-10-13-16-19-22-24-26-28-29-31-33-35-38-41-44-47-50-53-60(65)66-56(51-48-45-42-39-37-34-32-30-27-25-23-20-17-14-11-8-5-2)54-59(64)61-57(55-62)58(63)52-49-46-43-40-36-21-18-15-12-9-6-3/h16-17,19-20,24-27,32,34,56-58,62-63H,4-15,18,21-23,28-31,33,35-55H2,1-3H3,(H,61,64)/b19-16-,20-17-,26-24-,27-25-,34-32-. The van der Waals surface area contributed by atoms with Gasteiger partial charge in [-0.3, -0.25) is 9.59 Å². The van der Waals surface area contributed by atoms with Gasteiger partial charge in [0.25, 0.3) is 0 Å². The van der Waals surface area contributed by atoms with Gasteiger partial charge in [0.05, 0.1) is 25.2 Å². The molecule has 3 N–H and O–H groups in total. The summed E-state index contributed by atoms with van der Waals surface area (Å²) in [5.74, 6) is -0.494. The first kappa shape index (κ1) is 63.6. The number of carbonyl (C=O) groups is 2. The number of allylic oxidation sites excluding steroid dienone is 10. The molecule has 0 aliphatic heterocycles. The summed E-state index contributed by atoms with van der Waals surface area (Å²) in [7, 11) is 0. The van der Waals surface area contributed by atoms with Gasteiger partial charge in [0.2, 0.25) is 5.91 Å². The predicted molar refractivity (Wildman–Crippen MR) is 287 cm³/mol. The van der Waals surface area contributed by atoms with Crippen LogP contribution >= 0.6 is 0 Å². The van der Waals surface area contributed by atoms with Gasteiger partial charge in [-0.25, -0.2) is 0 Å². The second-order valence-corrected chi connectivity index (χ2v) is 19.3. The zero-order chi connectivity index (χ0) is 48.1. The van der Waals surface area contributed by atoms with E-state index in [-0.39, 0.29) is 24.9 Å². The Labute approximate surface area is 409 Å². The number of aliphatic hydroxyl groups excluding tert-OH is 2. The van der Waals surface area contributed by atoms with Crippen molar-refractivity contribution in [2.24, 2.45) is 0 Å². The van der Waals surface area contributed by atoms with E-state index < -0.39 is 18.2 Å². The van der Waals surface area contributed by atoms with Crippen molar-refractivity contribution in [2.75, 3.05) is 6.61 Å². The molecule has 0 saturated heterocycles. The van der Waals surface area contributed by atoms with Crippen LogP contribution in [0.25, 0.3) is 0 Å². The minimum Gasteiger partial charge on any atom is -0.462 e. The van der Waals surface area contributed by atoms with E-state index >= 15 is 0 Å². The van der Waals surface area contributed by atoms with Gasteiger partial charge in [-0.2, -0.15) is 0 Å². The lowest BCUT2D eigenvalue weighted by Crippen LogP contribution is -2.46. The Hall–Kier alpha value is -2.44. The topological polar surface area (TPSA) is 95.9 Å². The van der Waals surface area contributed by atoms with Crippen LogP contribution in [0.2, 0.25) is 0 Å². The van der Waals surface area contributed by atoms with E-state index in [9.17, 15) is 19.8 Å². The molecule has 0 radical (unpaired) electrons. The Morgan fingerprint density at radius 2 is 0.773 bits per heavy atom. The number of ether oxygens (including phenoxy) is 1. The molecule has 384 valence electrons. The molecule has 0 aliphatic rings. The van der Waals surface area contributed by atoms with Crippen LogP contribution in [0.3, 0.4) is 0 Å². The predicted octanol–water partition coefficient (Wildman–Crippen LogP) is 17.6. The van der Waals surface area contributed by atoms with E-state index in [0.717, 1.165) is 89.9 Å². The quantitative estimate of drug-likeness (QED) is 0.0321. The van der Waals surface area contributed by atoms with Gasteiger partial charge < -0.3 is 20.3 Å². The lowest BCUT2D eigenvalue weighted by atomic mass is 10.0. The highest BCUT2D eigenvalue weighted by atomic mass is 16.5. The highest BCUT2D eigenvalue weighted by molar-refractivity contribution is 5.77. The van der Waals surface area contributed by atoms with Gasteiger partial charge in [0.15, 0.2) is 0 Å². The number of rotatable bonds is 51. The van der Waals surface area contributed by atoms with Crippen LogP contribution in [0.15, 0.2) is 60.8 Å². The van der Waals surface area contributed by atoms with Crippen molar-refractivity contribution in [3.8, 4) is 0 Å². The lowest BCUT2D eigenvalue weighted by molar-refractivity contribution is -0.151. The summed E-state index contributed by atoms with van der Waals surface area (Å²) >= 11 is 0. The zero-order valence-corrected chi connectivity index (χ0v) is 43.8. The molecule has 6 nitrogen and oxygen atoms in total. The number of hydrogen-bond acceptors (Lipinski definition) is 5. The average Bonchev–Trinajstić information content (AvgIpc) is 3.31. The maximum atomic E-state index is 13.2. The molecule has 0 aromatic rings. The minimum atomic E-state index is -0.796. The molecule has 0 spiro atoms. The first-order chi connectivity index (χ1) is 32.5. The highest BCUT2D eigenvalue weighted by Crippen LogP contribution is 2.18. The number of aliphatic hydroxyl groups is 2. The van der Waals surface area contributed by atoms with Gasteiger partial charge in [-0.1, -0.05) is 236 Å². The number of hydrogen-bond donors (Lipinski definition) is 3. The Kier molecular flexibility index (Phi) is 51.5. The largest absolute Gasteiger partial charge is 0.462 e. The fourth-order valence-corrected chi connectivity index (χ4v) is 8.47. The van der Waals surface area contributed by atoms with E-state index in [2.05, 4.69) is 86.8 Å². The first-order valence-electron chi connectivity index (χ1n) is 28.5.